The van der Waals surface area contributed by atoms with E-state index in [4.69, 9.17) is 11.0 Å². The average Bonchev–Trinajstić information content (AvgIpc) is 2.32. The SMILES string of the molecule is Cc1ccc(S(=O)(=O)N(C)CC(C)C#N)cc1N. The van der Waals surface area contributed by atoms with Crippen molar-refractivity contribution in [3.8, 4) is 6.07 Å². The third kappa shape index (κ3) is 3.00. The molecule has 18 heavy (non-hydrogen) atoms. The summed E-state index contributed by atoms with van der Waals surface area (Å²) in [7, 11) is -2.12. The molecule has 5 nitrogen and oxygen atoms in total. The van der Waals surface area contributed by atoms with E-state index in [1.165, 1.54) is 23.5 Å². The van der Waals surface area contributed by atoms with Crippen LogP contribution in [0.4, 0.5) is 5.69 Å². The van der Waals surface area contributed by atoms with E-state index in [1.807, 2.05) is 13.0 Å². The first-order chi connectivity index (χ1) is 8.28. The van der Waals surface area contributed by atoms with Crippen LogP contribution in [0.2, 0.25) is 0 Å². The quantitative estimate of drug-likeness (QED) is 0.834. The lowest BCUT2D eigenvalue weighted by Crippen LogP contribution is -2.30. The van der Waals surface area contributed by atoms with Gasteiger partial charge in [0.15, 0.2) is 0 Å². The van der Waals surface area contributed by atoms with Gasteiger partial charge in [0.2, 0.25) is 10.0 Å². The van der Waals surface area contributed by atoms with Crippen LogP contribution in [0.15, 0.2) is 23.1 Å². The Morgan fingerprint density at radius 3 is 2.61 bits per heavy atom. The molecule has 0 bridgehead atoms. The summed E-state index contributed by atoms with van der Waals surface area (Å²) >= 11 is 0. The van der Waals surface area contributed by atoms with E-state index in [0.29, 0.717) is 5.69 Å². The maximum atomic E-state index is 12.2. The van der Waals surface area contributed by atoms with Crippen molar-refractivity contribution in [2.75, 3.05) is 19.3 Å². The lowest BCUT2D eigenvalue weighted by atomic mass is 10.2. The van der Waals surface area contributed by atoms with Crippen LogP contribution in [0.5, 0.6) is 0 Å². The molecule has 0 aliphatic rings. The van der Waals surface area contributed by atoms with Crippen LogP contribution in [0.1, 0.15) is 12.5 Å². The van der Waals surface area contributed by atoms with Crippen molar-refractivity contribution in [1.82, 2.24) is 4.31 Å². The highest BCUT2D eigenvalue weighted by atomic mass is 32.2. The number of nitrogens with two attached hydrogens (primary N) is 1. The largest absolute Gasteiger partial charge is 0.398 e. The molecule has 0 aliphatic heterocycles. The second kappa shape index (κ2) is 5.38. The molecule has 0 aromatic heterocycles. The fraction of sp³-hybridized carbons (Fsp3) is 0.417. The topological polar surface area (TPSA) is 87.2 Å². The molecule has 6 heteroatoms. The van der Waals surface area contributed by atoms with E-state index < -0.39 is 10.0 Å². The number of nitrogen functional groups attached to an aromatic ring is 1. The molecule has 0 spiro atoms. The van der Waals surface area contributed by atoms with Gasteiger partial charge in [-0.25, -0.2) is 8.42 Å². The van der Waals surface area contributed by atoms with Crippen LogP contribution in [-0.2, 0) is 10.0 Å². The molecule has 1 unspecified atom stereocenters. The van der Waals surface area contributed by atoms with Crippen LogP contribution in [-0.4, -0.2) is 26.3 Å². The molecule has 0 fully saturated rings. The summed E-state index contributed by atoms with van der Waals surface area (Å²) in [6.45, 7) is 3.65. The van der Waals surface area contributed by atoms with Crippen LogP contribution >= 0.6 is 0 Å². The zero-order valence-corrected chi connectivity index (χ0v) is 11.5. The van der Waals surface area contributed by atoms with E-state index in [-0.39, 0.29) is 17.4 Å². The normalized spacial score (nSPS) is 13.3. The maximum absolute atomic E-state index is 12.2. The smallest absolute Gasteiger partial charge is 0.242 e. The Hall–Kier alpha value is -1.58. The van der Waals surface area contributed by atoms with E-state index in [1.54, 1.807) is 13.0 Å². The van der Waals surface area contributed by atoms with E-state index in [0.717, 1.165) is 5.56 Å². The number of hydrogen-bond acceptors (Lipinski definition) is 4. The molecule has 0 saturated heterocycles. The summed E-state index contributed by atoms with van der Waals surface area (Å²) in [6, 6.07) is 6.64. The van der Waals surface area contributed by atoms with Gasteiger partial charge in [-0.3, -0.25) is 0 Å². The van der Waals surface area contributed by atoms with Crippen LogP contribution < -0.4 is 5.73 Å². The Balaban J connectivity index is 3.06. The van der Waals surface area contributed by atoms with Crippen LogP contribution in [0, 0.1) is 24.2 Å². The number of anilines is 1. The van der Waals surface area contributed by atoms with Gasteiger partial charge in [0.25, 0.3) is 0 Å². The Kier molecular flexibility index (Phi) is 4.33. The molecule has 1 atom stereocenters. The van der Waals surface area contributed by atoms with E-state index in [9.17, 15) is 8.42 Å². The van der Waals surface area contributed by atoms with Gasteiger partial charge in [0, 0.05) is 19.3 Å². The zero-order valence-electron chi connectivity index (χ0n) is 10.7. The van der Waals surface area contributed by atoms with Gasteiger partial charge in [-0.15, -0.1) is 0 Å². The highest BCUT2D eigenvalue weighted by Gasteiger charge is 2.22. The van der Waals surface area contributed by atoms with Gasteiger partial charge in [-0.2, -0.15) is 9.57 Å². The molecule has 2 N–H and O–H groups in total. The fourth-order valence-electron chi connectivity index (χ4n) is 1.48. The minimum Gasteiger partial charge on any atom is -0.398 e. The van der Waals surface area contributed by atoms with Gasteiger partial charge < -0.3 is 5.73 Å². The molecule has 1 aromatic rings. The first-order valence-electron chi connectivity index (χ1n) is 5.51. The third-order valence-electron chi connectivity index (χ3n) is 2.71. The number of benzene rings is 1. The van der Waals surface area contributed by atoms with Gasteiger partial charge in [0.1, 0.15) is 0 Å². The number of aryl methyl sites for hydroxylation is 1. The second-order valence-electron chi connectivity index (χ2n) is 4.33. The van der Waals surface area contributed by atoms with E-state index in [2.05, 4.69) is 0 Å². The molecular weight excluding hydrogens is 250 g/mol. The Labute approximate surface area is 108 Å². The minimum atomic E-state index is -3.58. The molecule has 1 rings (SSSR count). The lowest BCUT2D eigenvalue weighted by Gasteiger charge is -2.18. The monoisotopic (exact) mass is 267 g/mol. The number of sulfonamides is 1. The van der Waals surface area contributed by atoms with Gasteiger partial charge in [-0.1, -0.05) is 6.07 Å². The van der Waals surface area contributed by atoms with Crippen molar-refractivity contribution in [2.45, 2.75) is 18.7 Å². The summed E-state index contributed by atoms with van der Waals surface area (Å²) in [5.74, 6) is -0.354. The standard InChI is InChI=1S/C12H17N3O2S/c1-9(7-13)8-15(3)18(16,17)11-5-4-10(2)12(14)6-11/h4-6,9H,8,14H2,1-3H3. The first kappa shape index (κ1) is 14.5. The highest BCUT2D eigenvalue weighted by Crippen LogP contribution is 2.20. The average molecular weight is 267 g/mol. The lowest BCUT2D eigenvalue weighted by molar-refractivity contribution is 0.439. The Morgan fingerprint density at radius 1 is 1.50 bits per heavy atom. The van der Waals surface area contributed by atoms with Gasteiger partial charge >= 0.3 is 0 Å². The fourth-order valence-corrected chi connectivity index (χ4v) is 2.78. The molecular formula is C12H17N3O2S. The molecule has 0 saturated carbocycles. The van der Waals surface area contributed by atoms with E-state index >= 15 is 0 Å². The molecule has 0 aliphatic carbocycles. The summed E-state index contributed by atoms with van der Waals surface area (Å²) in [5.41, 5.74) is 6.99. The molecule has 0 radical (unpaired) electrons. The summed E-state index contributed by atoms with van der Waals surface area (Å²) in [4.78, 5) is 0.151. The summed E-state index contributed by atoms with van der Waals surface area (Å²) < 4.78 is 25.6. The number of nitrogens with zero attached hydrogens (tertiary/aromatic N) is 2. The van der Waals surface area contributed by atoms with Crippen LogP contribution in [0.25, 0.3) is 0 Å². The van der Waals surface area contributed by atoms with Gasteiger partial charge in [0.05, 0.1) is 16.9 Å². The number of rotatable bonds is 4. The summed E-state index contributed by atoms with van der Waals surface area (Å²) in [5, 5.41) is 8.71. The van der Waals surface area contributed by atoms with Crippen molar-refractivity contribution in [3.05, 3.63) is 23.8 Å². The minimum absolute atomic E-state index is 0.151. The number of nitriles is 1. The van der Waals surface area contributed by atoms with Gasteiger partial charge in [-0.05, 0) is 31.5 Å². The molecule has 98 valence electrons. The highest BCUT2D eigenvalue weighted by molar-refractivity contribution is 7.89. The van der Waals surface area contributed by atoms with Crippen molar-refractivity contribution in [3.63, 3.8) is 0 Å². The van der Waals surface area contributed by atoms with Crippen molar-refractivity contribution in [1.29, 1.82) is 5.26 Å². The number of hydrogen-bond donors (Lipinski definition) is 1. The molecule has 1 aromatic carbocycles. The van der Waals surface area contributed by atoms with Crippen LogP contribution in [0.3, 0.4) is 0 Å². The second-order valence-corrected chi connectivity index (χ2v) is 6.38. The predicted octanol–water partition coefficient (Wildman–Crippen LogP) is 1.36. The summed E-state index contributed by atoms with van der Waals surface area (Å²) in [6.07, 6.45) is 0. The first-order valence-corrected chi connectivity index (χ1v) is 6.95. The maximum Gasteiger partial charge on any atom is 0.242 e. The Morgan fingerprint density at radius 2 is 2.11 bits per heavy atom. The molecule has 0 amide bonds. The zero-order chi connectivity index (χ0) is 13.9. The van der Waals surface area contributed by atoms with Crippen molar-refractivity contribution >= 4 is 15.7 Å². The van der Waals surface area contributed by atoms with Crippen molar-refractivity contribution < 1.29 is 8.42 Å². The molecule has 0 heterocycles. The van der Waals surface area contributed by atoms with Crippen molar-refractivity contribution in [2.24, 2.45) is 5.92 Å². The predicted molar refractivity (Wildman–Crippen MR) is 70.2 cm³/mol. The third-order valence-corrected chi connectivity index (χ3v) is 4.53. The Bertz CT molecular complexity index is 575.